The number of hydrogen-bond acceptors (Lipinski definition) is 4. The number of amides is 1. The van der Waals surface area contributed by atoms with Crippen molar-refractivity contribution >= 4 is 44.8 Å². The number of piperazine rings is 1. The third kappa shape index (κ3) is 6.66. The predicted octanol–water partition coefficient (Wildman–Crippen LogP) is 7.90. The largest absolute Gasteiger partial charge is 0.330 e. The lowest BCUT2D eigenvalue weighted by Gasteiger charge is -2.55. The number of carbonyl (C=O) groups is 1. The minimum absolute atomic E-state index is 0.0268. The number of para-hydroxylation sites is 1. The van der Waals surface area contributed by atoms with Crippen molar-refractivity contribution in [1.29, 1.82) is 0 Å². The number of halogens is 2. The summed E-state index contributed by atoms with van der Waals surface area (Å²) in [5.41, 5.74) is 1.73. The van der Waals surface area contributed by atoms with Crippen LogP contribution in [-0.4, -0.2) is 48.3 Å². The molecule has 4 aromatic carbocycles. The van der Waals surface area contributed by atoms with Gasteiger partial charge in [0.1, 0.15) is 4.90 Å². The van der Waals surface area contributed by atoms with Crippen LogP contribution in [-0.2, 0) is 23.1 Å². The van der Waals surface area contributed by atoms with Gasteiger partial charge in [0, 0.05) is 30.7 Å². The SMILES string of the molecule is CC1(C)CN(C(=O)c2ccc(Cl)c(S(=O)(=O)N(Cc3ccccc3)c3ccccc3Cl)c2)C(C)(C)CN1Cc1ccccc1. The van der Waals surface area contributed by atoms with E-state index >= 15 is 0 Å². The van der Waals surface area contributed by atoms with E-state index in [9.17, 15) is 13.2 Å². The Bertz CT molecular complexity index is 1750. The standard InChI is InChI=1S/C35H37Cl2N3O3S/c1-34(2)25-39(35(3,4)24-38(34)22-26-13-7-5-8-14-26)33(41)28-19-20-30(37)32(21-28)44(42,43)40(23-27-15-9-6-10-16-27)31-18-12-11-17-29(31)36/h5-21H,22-25H2,1-4H3. The summed E-state index contributed by atoms with van der Waals surface area (Å²) in [7, 11) is -4.25. The summed E-state index contributed by atoms with van der Waals surface area (Å²) < 4.78 is 30.0. The van der Waals surface area contributed by atoms with Gasteiger partial charge in [0.2, 0.25) is 0 Å². The molecule has 1 aliphatic rings. The lowest BCUT2D eigenvalue weighted by molar-refractivity contribution is -0.0454. The van der Waals surface area contributed by atoms with Gasteiger partial charge in [-0.3, -0.25) is 14.0 Å². The van der Waals surface area contributed by atoms with Crippen LogP contribution in [0.1, 0.15) is 49.2 Å². The average molecular weight is 651 g/mol. The fraction of sp³-hybridized carbons (Fsp3) is 0.286. The second kappa shape index (κ2) is 12.6. The Balaban J connectivity index is 1.48. The molecule has 1 saturated heterocycles. The number of benzene rings is 4. The average Bonchev–Trinajstić information content (AvgIpc) is 2.99. The molecule has 1 aliphatic heterocycles. The monoisotopic (exact) mass is 649 g/mol. The fourth-order valence-corrected chi connectivity index (χ4v) is 7.96. The maximum Gasteiger partial charge on any atom is 0.266 e. The highest BCUT2D eigenvalue weighted by atomic mass is 35.5. The Kier molecular flexibility index (Phi) is 9.15. The number of rotatable bonds is 8. The Labute approximate surface area is 270 Å². The van der Waals surface area contributed by atoms with Crippen LogP contribution in [0.2, 0.25) is 10.0 Å². The summed E-state index contributed by atoms with van der Waals surface area (Å²) in [6, 6.07) is 30.8. The maximum absolute atomic E-state index is 14.4. The Morgan fingerprint density at radius 1 is 0.750 bits per heavy atom. The topological polar surface area (TPSA) is 60.9 Å². The van der Waals surface area contributed by atoms with Gasteiger partial charge in [-0.2, -0.15) is 0 Å². The van der Waals surface area contributed by atoms with Crippen LogP contribution in [0.15, 0.2) is 108 Å². The summed E-state index contributed by atoms with van der Waals surface area (Å²) in [6.07, 6.45) is 0. The van der Waals surface area contributed by atoms with Gasteiger partial charge in [0.15, 0.2) is 0 Å². The molecule has 0 N–H and O–H groups in total. The fourth-order valence-electron chi connectivity index (χ4n) is 5.70. The van der Waals surface area contributed by atoms with E-state index in [4.69, 9.17) is 23.2 Å². The summed E-state index contributed by atoms with van der Waals surface area (Å²) in [4.78, 5) is 18.3. The lowest BCUT2D eigenvalue weighted by Crippen LogP contribution is -2.68. The summed E-state index contributed by atoms with van der Waals surface area (Å²) in [6.45, 7) is 10.3. The van der Waals surface area contributed by atoms with Crippen LogP contribution in [0, 0.1) is 0 Å². The molecule has 4 aromatic rings. The van der Waals surface area contributed by atoms with E-state index in [1.807, 2.05) is 67.3 Å². The number of nitrogens with zero attached hydrogens (tertiary/aromatic N) is 3. The molecule has 44 heavy (non-hydrogen) atoms. The van der Waals surface area contributed by atoms with Crippen LogP contribution in [0.25, 0.3) is 0 Å². The minimum atomic E-state index is -4.25. The van der Waals surface area contributed by atoms with Gasteiger partial charge in [0.05, 0.1) is 27.8 Å². The van der Waals surface area contributed by atoms with Crippen LogP contribution in [0.4, 0.5) is 5.69 Å². The molecule has 0 unspecified atom stereocenters. The number of anilines is 1. The molecule has 230 valence electrons. The van der Waals surface area contributed by atoms with Gasteiger partial charge < -0.3 is 4.90 Å². The highest BCUT2D eigenvalue weighted by Gasteiger charge is 2.45. The highest BCUT2D eigenvalue weighted by molar-refractivity contribution is 7.93. The van der Waals surface area contributed by atoms with Gasteiger partial charge in [0.25, 0.3) is 15.9 Å². The first-order valence-electron chi connectivity index (χ1n) is 14.5. The van der Waals surface area contributed by atoms with Crippen molar-refractivity contribution in [3.8, 4) is 0 Å². The van der Waals surface area contributed by atoms with E-state index in [0.29, 0.717) is 18.8 Å². The number of sulfonamides is 1. The first kappa shape index (κ1) is 32.0. The van der Waals surface area contributed by atoms with Crippen molar-refractivity contribution < 1.29 is 13.2 Å². The number of hydrogen-bond donors (Lipinski definition) is 0. The van der Waals surface area contributed by atoms with Gasteiger partial charge in [-0.15, -0.1) is 0 Å². The minimum Gasteiger partial charge on any atom is -0.330 e. The first-order valence-corrected chi connectivity index (χ1v) is 16.7. The maximum atomic E-state index is 14.4. The van der Waals surface area contributed by atoms with Crippen LogP contribution >= 0.6 is 23.2 Å². The van der Waals surface area contributed by atoms with E-state index in [1.165, 1.54) is 22.0 Å². The van der Waals surface area contributed by atoms with Crippen molar-refractivity contribution in [1.82, 2.24) is 9.80 Å². The van der Waals surface area contributed by atoms with Crippen molar-refractivity contribution in [2.45, 2.75) is 56.8 Å². The van der Waals surface area contributed by atoms with Crippen molar-refractivity contribution in [2.75, 3.05) is 17.4 Å². The molecule has 9 heteroatoms. The Hall–Kier alpha value is -3.36. The first-order chi connectivity index (χ1) is 20.8. The molecule has 6 nitrogen and oxygen atoms in total. The van der Waals surface area contributed by atoms with Crippen LogP contribution in [0.5, 0.6) is 0 Å². The molecule has 0 bridgehead atoms. The third-order valence-corrected chi connectivity index (χ3v) is 10.8. The zero-order valence-electron chi connectivity index (χ0n) is 25.4. The van der Waals surface area contributed by atoms with Gasteiger partial charge in [-0.05, 0) is 69.2 Å². The zero-order valence-corrected chi connectivity index (χ0v) is 27.7. The smallest absolute Gasteiger partial charge is 0.266 e. The molecule has 0 saturated carbocycles. The van der Waals surface area contributed by atoms with Crippen molar-refractivity contribution in [2.24, 2.45) is 0 Å². The summed E-state index contributed by atoms with van der Waals surface area (Å²) >= 11 is 13.1. The summed E-state index contributed by atoms with van der Waals surface area (Å²) in [5, 5.41) is 0.312. The molecule has 0 atom stereocenters. The zero-order chi connectivity index (χ0) is 31.7. The van der Waals surface area contributed by atoms with Gasteiger partial charge in [-0.1, -0.05) is 96.0 Å². The molecule has 1 amide bonds. The molecule has 5 rings (SSSR count). The quantitative estimate of drug-likeness (QED) is 0.195. The van der Waals surface area contributed by atoms with E-state index in [1.54, 1.807) is 30.3 Å². The summed E-state index contributed by atoms with van der Waals surface area (Å²) in [5.74, 6) is -0.247. The molecular formula is C35H37Cl2N3O3S. The number of carbonyl (C=O) groups excluding carboxylic acids is 1. The van der Waals surface area contributed by atoms with E-state index < -0.39 is 15.6 Å². The van der Waals surface area contributed by atoms with E-state index in [2.05, 4.69) is 30.9 Å². The van der Waals surface area contributed by atoms with E-state index in [-0.39, 0.29) is 38.5 Å². The normalized spacial score (nSPS) is 16.5. The highest BCUT2D eigenvalue weighted by Crippen LogP contribution is 2.37. The third-order valence-electron chi connectivity index (χ3n) is 8.21. The molecule has 0 aromatic heterocycles. The van der Waals surface area contributed by atoms with Crippen molar-refractivity contribution in [3.05, 3.63) is 130 Å². The molecule has 1 fully saturated rings. The molecular weight excluding hydrogens is 613 g/mol. The Morgan fingerprint density at radius 3 is 1.98 bits per heavy atom. The molecule has 1 heterocycles. The molecule has 0 radical (unpaired) electrons. The van der Waals surface area contributed by atoms with Gasteiger partial charge >= 0.3 is 0 Å². The van der Waals surface area contributed by atoms with E-state index in [0.717, 1.165) is 12.1 Å². The predicted molar refractivity (Wildman–Crippen MR) is 179 cm³/mol. The second-order valence-electron chi connectivity index (χ2n) is 12.5. The van der Waals surface area contributed by atoms with Crippen molar-refractivity contribution in [3.63, 3.8) is 0 Å². The Morgan fingerprint density at radius 2 is 1.34 bits per heavy atom. The van der Waals surface area contributed by atoms with Crippen LogP contribution < -0.4 is 4.31 Å². The molecule has 0 spiro atoms. The molecule has 0 aliphatic carbocycles. The van der Waals surface area contributed by atoms with Crippen LogP contribution in [0.3, 0.4) is 0 Å². The van der Waals surface area contributed by atoms with Gasteiger partial charge in [-0.25, -0.2) is 8.42 Å². The lowest BCUT2D eigenvalue weighted by atomic mass is 9.87. The second-order valence-corrected chi connectivity index (χ2v) is 15.1.